The largest absolute Gasteiger partial charge is 0.497 e. The van der Waals surface area contributed by atoms with Crippen molar-refractivity contribution in [1.82, 2.24) is 18.7 Å². The molecule has 0 saturated carbocycles. The van der Waals surface area contributed by atoms with Crippen LogP contribution in [0.4, 0.5) is 4.79 Å². The predicted octanol–water partition coefficient (Wildman–Crippen LogP) is 3.33. The first-order valence-corrected chi connectivity index (χ1v) is 11.7. The topological polar surface area (TPSA) is 107 Å². The third kappa shape index (κ3) is 4.53. The normalized spacial score (nSPS) is 11.7. The number of rotatable bonds is 9. The molecule has 3 rings (SSSR count). The molecular formula is C21H28N4O5S. The zero-order valence-corrected chi connectivity index (χ0v) is 19.0. The highest BCUT2D eigenvalue weighted by Gasteiger charge is 2.28. The fourth-order valence-corrected chi connectivity index (χ4v) is 5.03. The highest BCUT2D eigenvalue weighted by atomic mass is 32.2. The Hall–Kier alpha value is -3.01. The van der Waals surface area contributed by atoms with Gasteiger partial charge in [0.1, 0.15) is 11.6 Å². The summed E-state index contributed by atoms with van der Waals surface area (Å²) in [6.45, 7) is 3.67. The third-order valence-corrected chi connectivity index (χ3v) is 7.05. The number of aryl methyl sites for hydroxylation is 2. The van der Waals surface area contributed by atoms with E-state index in [4.69, 9.17) is 4.74 Å². The molecule has 0 aliphatic rings. The number of unbranched alkanes of at least 4 members (excludes halogenated alkanes) is 1. The molecule has 1 aromatic carbocycles. The van der Waals surface area contributed by atoms with Crippen LogP contribution < -0.4 is 4.74 Å². The fraction of sp³-hybridized carbons (Fsp3) is 0.429. The van der Waals surface area contributed by atoms with Gasteiger partial charge in [-0.1, -0.05) is 13.3 Å². The molecular weight excluding hydrogens is 420 g/mol. The summed E-state index contributed by atoms with van der Waals surface area (Å²) in [5.74, 6) is 1.14. The molecule has 2 heterocycles. The van der Waals surface area contributed by atoms with Crippen molar-refractivity contribution in [2.45, 2.75) is 33.1 Å². The molecule has 1 amide bonds. The van der Waals surface area contributed by atoms with Gasteiger partial charge in [0.15, 0.2) is 0 Å². The second kappa shape index (κ2) is 9.01. The number of aromatic nitrogens is 3. The molecule has 10 heteroatoms. The lowest BCUT2D eigenvalue weighted by atomic mass is 10.2. The molecule has 168 valence electrons. The number of fused-ring (bicyclic) bond motifs is 1. The first-order chi connectivity index (χ1) is 14.7. The van der Waals surface area contributed by atoms with E-state index in [-0.39, 0.29) is 18.7 Å². The molecule has 0 unspecified atom stereocenters. The number of ether oxygens (including phenoxy) is 1. The van der Waals surface area contributed by atoms with Gasteiger partial charge < -0.3 is 14.4 Å². The minimum atomic E-state index is -3.97. The van der Waals surface area contributed by atoms with Gasteiger partial charge in [-0.25, -0.2) is 17.5 Å². The number of hydrogen-bond donors (Lipinski definition) is 1. The Morgan fingerprint density at radius 3 is 2.68 bits per heavy atom. The molecule has 3 aromatic rings. The van der Waals surface area contributed by atoms with Crippen LogP contribution in [0.5, 0.6) is 5.75 Å². The van der Waals surface area contributed by atoms with Crippen molar-refractivity contribution >= 4 is 27.0 Å². The van der Waals surface area contributed by atoms with Crippen LogP contribution in [0.1, 0.15) is 31.0 Å². The number of nitrogens with zero attached hydrogens (tertiary/aromatic N) is 4. The van der Waals surface area contributed by atoms with Crippen LogP contribution in [0.2, 0.25) is 0 Å². The number of hydrogen-bond acceptors (Lipinski definition) is 5. The Morgan fingerprint density at radius 1 is 1.29 bits per heavy atom. The number of methoxy groups -OCH3 is 1. The van der Waals surface area contributed by atoms with Crippen LogP contribution in [0, 0.1) is 6.92 Å². The summed E-state index contributed by atoms with van der Waals surface area (Å²) in [6.07, 6.45) is 1.80. The highest BCUT2D eigenvalue weighted by Crippen LogP contribution is 2.28. The summed E-state index contributed by atoms with van der Waals surface area (Å²) < 4.78 is 35.1. The number of carbonyl (C=O) groups is 1. The maximum Gasteiger partial charge on any atom is 0.421 e. The van der Waals surface area contributed by atoms with Gasteiger partial charge in [0.05, 0.1) is 24.1 Å². The molecule has 0 fully saturated rings. The monoisotopic (exact) mass is 448 g/mol. The van der Waals surface area contributed by atoms with Gasteiger partial charge in [-0.05, 0) is 38.0 Å². The van der Waals surface area contributed by atoms with Crippen molar-refractivity contribution in [2.24, 2.45) is 7.05 Å². The van der Waals surface area contributed by atoms with E-state index < -0.39 is 16.1 Å². The van der Waals surface area contributed by atoms with Crippen molar-refractivity contribution in [3.63, 3.8) is 0 Å². The molecule has 31 heavy (non-hydrogen) atoms. The van der Waals surface area contributed by atoms with Crippen molar-refractivity contribution in [3.8, 4) is 11.6 Å². The van der Waals surface area contributed by atoms with E-state index in [1.54, 1.807) is 18.8 Å². The SMILES string of the molecule is CCCCN(C(=O)O)S(=O)(=O)CCc1c(C)nn(C)c1-n1ccc2ccc(OC)cc21. The predicted molar refractivity (Wildman–Crippen MR) is 118 cm³/mol. The van der Waals surface area contributed by atoms with Crippen molar-refractivity contribution < 1.29 is 23.1 Å². The van der Waals surface area contributed by atoms with Crippen molar-refractivity contribution in [2.75, 3.05) is 19.4 Å². The minimum Gasteiger partial charge on any atom is -0.497 e. The van der Waals surface area contributed by atoms with Gasteiger partial charge in [0, 0.05) is 36.8 Å². The standard InChI is InChI=1S/C21H28N4O5S/c1-5-6-11-25(21(26)27)31(28,29)13-10-18-15(2)22-23(3)20(18)24-12-9-16-7-8-17(30-4)14-19(16)24/h7-9,12,14H,5-6,10-11,13H2,1-4H3,(H,26,27). The quantitative estimate of drug-likeness (QED) is 0.538. The molecule has 1 N–H and O–H groups in total. The average molecular weight is 449 g/mol. The first kappa shape index (κ1) is 22.7. The Bertz CT molecular complexity index is 1200. The summed E-state index contributed by atoms with van der Waals surface area (Å²) in [5.41, 5.74) is 2.36. The maximum absolute atomic E-state index is 12.8. The summed E-state index contributed by atoms with van der Waals surface area (Å²) in [5, 5.41) is 14.9. The smallest absolute Gasteiger partial charge is 0.421 e. The van der Waals surface area contributed by atoms with E-state index in [1.165, 1.54) is 0 Å². The number of carboxylic acid groups (broad SMARTS) is 1. The summed E-state index contributed by atoms with van der Waals surface area (Å²) in [6, 6.07) is 7.71. The van der Waals surface area contributed by atoms with Crippen LogP contribution in [-0.2, 0) is 23.5 Å². The molecule has 0 atom stereocenters. The van der Waals surface area contributed by atoms with Gasteiger partial charge in [-0.15, -0.1) is 0 Å². The molecule has 2 aromatic heterocycles. The number of amides is 1. The van der Waals surface area contributed by atoms with Crippen LogP contribution in [0.15, 0.2) is 30.5 Å². The lowest BCUT2D eigenvalue weighted by molar-refractivity contribution is 0.172. The van der Waals surface area contributed by atoms with E-state index in [0.29, 0.717) is 28.6 Å². The van der Waals surface area contributed by atoms with E-state index in [9.17, 15) is 18.3 Å². The van der Waals surface area contributed by atoms with Gasteiger partial charge in [0.25, 0.3) is 0 Å². The van der Waals surface area contributed by atoms with E-state index >= 15 is 0 Å². The number of sulfonamides is 1. The van der Waals surface area contributed by atoms with E-state index in [2.05, 4.69) is 5.10 Å². The first-order valence-electron chi connectivity index (χ1n) is 10.1. The van der Waals surface area contributed by atoms with Crippen molar-refractivity contribution in [1.29, 1.82) is 0 Å². The van der Waals surface area contributed by atoms with Gasteiger partial charge in [0.2, 0.25) is 10.0 Å². The molecule has 0 aliphatic carbocycles. The van der Waals surface area contributed by atoms with Crippen LogP contribution >= 0.6 is 0 Å². The molecule has 0 radical (unpaired) electrons. The van der Waals surface area contributed by atoms with Gasteiger partial charge >= 0.3 is 6.09 Å². The second-order valence-corrected chi connectivity index (χ2v) is 9.41. The third-order valence-electron chi connectivity index (χ3n) is 5.32. The fourth-order valence-electron chi connectivity index (χ4n) is 3.70. The van der Waals surface area contributed by atoms with E-state index in [1.807, 2.05) is 48.9 Å². The van der Waals surface area contributed by atoms with Crippen LogP contribution in [-0.4, -0.2) is 57.7 Å². The lowest BCUT2D eigenvalue weighted by Gasteiger charge is -2.19. The molecule has 0 aliphatic heterocycles. The highest BCUT2D eigenvalue weighted by molar-refractivity contribution is 7.89. The zero-order chi connectivity index (χ0) is 22.8. The van der Waals surface area contributed by atoms with Crippen LogP contribution in [0.25, 0.3) is 16.7 Å². The molecule has 0 spiro atoms. The van der Waals surface area contributed by atoms with Crippen LogP contribution in [0.3, 0.4) is 0 Å². The van der Waals surface area contributed by atoms with Crippen molar-refractivity contribution in [3.05, 3.63) is 41.7 Å². The molecule has 9 nitrogen and oxygen atoms in total. The Labute approximate surface area is 181 Å². The van der Waals surface area contributed by atoms with Gasteiger partial charge in [-0.2, -0.15) is 5.10 Å². The lowest BCUT2D eigenvalue weighted by Crippen LogP contribution is -2.38. The molecule has 0 saturated heterocycles. The van der Waals surface area contributed by atoms with Gasteiger partial charge in [-0.3, -0.25) is 4.68 Å². The second-order valence-electron chi connectivity index (χ2n) is 7.40. The Kier molecular flexibility index (Phi) is 6.59. The molecule has 0 bridgehead atoms. The Balaban J connectivity index is 1.97. The number of benzene rings is 1. The van der Waals surface area contributed by atoms with E-state index in [0.717, 1.165) is 22.3 Å². The maximum atomic E-state index is 12.8. The zero-order valence-electron chi connectivity index (χ0n) is 18.2. The average Bonchev–Trinajstić information content (AvgIpc) is 3.25. The summed E-state index contributed by atoms with van der Waals surface area (Å²) in [4.78, 5) is 11.5. The summed E-state index contributed by atoms with van der Waals surface area (Å²) >= 11 is 0. The summed E-state index contributed by atoms with van der Waals surface area (Å²) in [7, 11) is -0.565. The Morgan fingerprint density at radius 2 is 2.03 bits per heavy atom. The minimum absolute atomic E-state index is 0.0327.